The van der Waals surface area contributed by atoms with Crippen molar-refractivity contribution in [1.82, 2.24) is 15.0 Å². The Balaban J connectivity index is 1.67. The molecule has 2 saturated carbocycles. The second-order valence-electron chi connectivity index (χ2n) is 5.44. The number of hydrogen-bond acceptors (Lipinski definition) is 6. The van der Waals surface area contributed by atoms with Gasteiger partial charge < -0.3 is 15.4 Å². The van der Waals surface area contributed by atoms with Crippen molar-refractivity contribution in [2.45, 2.75) is 32.6 Å². The van der Waals surface area contributed by atoms with Crippen LogP contribution < -0.4 is 15.4 Å². The Morgan fingerprint density at radius 3 is 2.53 bits per heavy atom. The first-order valence-corrected chi connectivity index (χ1v) is 7.06. The maximum atomic E-state index is 5.35. The molecule has 0 radical (unpaired) electrons. The van der Waals surface area contributed by atoms with Crippen molar-refractivity contribution in [3.05, 3.63) is 0 Å². The largest absolute Gasteiger partial charge is 0.464 e. The number of rotatable bonds is 7. The van der Waals surface area contributed by atoms with Crippen LogP contribution in [0.25, 0.3) is 0 Å². The zero-order chi connectivity index (χ0) is 13.3. The second-order valence-corrected chi connectivity index (χ2v) is 5.44. The molecule has 3 rings (SSSR count). The van der Waals surface area contributed by atoms with E-state index in [1.807, 2.05) is 6.92 Å². The number of nitrogens with one attached hydrogen (secondary N) is 2. The minimum absolute atomic E-state index is 0.376. The highest BCUT2D eigenvalue weighted by Crippen LogP contribution is 2.61. The van der Waals surface area contributed by atoms with Gasteiger partial charge in [0.05, 0.1) is 6.61 Å². The third-order valence-corrected chi connectivity index (χ3v) is 4.05. The minimum Gasteiger partial charge on any atom is -0.464 e. The molecule has 2 fully saturated rings. The molecule has 0 atom stereocenters. The predicted molar refractivity (Wildman–Crippen MR) is 73.4 cm³/mol. The fourth-order valence-corrected chi connectivity index (χ4v) is 2.58. The average molecular weight is 263 g/mol. The lowest BCUT2D eigenvalue weighted by Crippen LogP contribution is -2.19. The lowest BCUT2D eigenvalue weighted by atomic mass is 10.0. The molecule has 0 spiro atoms. The van der Waals surface area contributed by atoms with Gasteiger partial charge in [-0.05, 0) is 43.9 Å². The van der Waals surface area contributed by atoms with E-state index in [4.69, 9.17) is 4.74 Å². The standard InChI is InChI=1S/C13H21N5O/c1-3-19-12-17-10(14-2)16-11(18-12)15-8-13(6-7-13)9-4-5-9/h9H,3-8H2,1-2H3,(H2,14,15,16,17,18). The van der Waals surface area contributed by atoms with Gasteiger partial charge in [-0.15, -0.1) is 0 Å². The van der Waals surface area contributed by atoms with Gasteiger partial charge in [-0.25, -0.2) is 0 Å². The molecule has 1 aromatic rings. The van der Waals surface area contributed by atoms with Crippen molar-refractivity contribution in [2.24, 2.45) is 11.3 Å². The second kappa shape index (κ2) is 4.83. The molecular formula is C13H21N5O. The Morgan fingerprint density at radius 1 is 1.21 bits per heavy atom. The Morgan fingerprint density at radius 2 is 1.95 bits per heavy atom. The molecule has 2 aliphatic rings. The van der Waals surface area contributed by atoms with Crippen molar-refractivity contribution in [3.63, 3.8) is 0 Å². The van der Waals surface area contributed by atoms with Crippen LogP contribution in [0.15, 0.2) is 0 Å². The van der Waals surface area contributed by atoms with Gasteiger partial charge in [0.2, 0.25) is 11.9 Å². The molecule has 1 aromatic heterocycles. The number of ether oxygens (including phenoxy) is 1. The van der Waals surface area contributed by atoms with Crippen LogP contribution in [0.1, 0.15) is 32.6 Å². The first-order valence-electron chi connectivity index (χ1n) is 7.06. The molecule has 0 unspecified atom stereocenters. The van der Waals surface area contributed by atoms with Crippen LogP contribution in [0.3, 0.4) is 0 Å². The summed E-state index contributed by atoms with van der Waals surface area (Å²) in [4.78, 5) is 12.8. The van der Waals surface area contributed by atoms with Crippen molar-refractivity contribution in [3.8, 4) is 6.01 Å². The zero-order valence-corrected chi connectivity index (χ0v) is 11.6. The molecule has 0 saturated heterocycles. The summed E-state index contributed by atoms with van der Waals surface area (Å²) in [5.41, 5.74) is 0.526. The third-order valence-electron chi connectivity index (χ3n) is 4.05. The van der Waals surface area contributed by atoms with Crippen molar-refractivity contribution >= 4 is 11.9 Å². The van der Waals surface area contributed by atoms with Crippen LogP contribution in [0.2, 0.25) is 0 Å². The predicted octanol–water partition coefficient (Wildman–Crippen LogP) is 1.91. The van der Waals surface area contributed by atoms with Gasteiger partial charge in [-0.2, -0.15) is 15.0 Å². The molecule has 6 heteroatoms. The lowest BCUT2D eigenvalue weighted by molar-refractivity contribution is 0.312. The molecule has 0 amide bonds. The highest BCUT2D eigenvalue weighted by molar-refractivity contribution is 5.36. The summed E-state index contributed by atoms with van der Waals surface area (Å²) in [7, 11) is 1.79. The van der Waals surface area contributed by atoms with E-state index in [1.165, 1.54) is 25.7 Å². The van der Waals surface area contributed by atoms with Crippen LogP contribution in [-0.2, 0) is 0 Å². The molecule has 104 valence electrons. The van der Waals surface area contributed by atoms with Gasteiger partial charge in [-0.1, -0.05) is 0 Å². The molecule has 6 nitrogen and oxygen atoms in total. The summed E-state index contributed by atoms with van der Waals surface area (Å²) in [6.07, 6.45) is 5.47. The monoisotopic (exact) mass is 263 g/mol. The number of anilines is 2. The summed E-state index contributed by atoms with van der Waals surface area (Å²) in [6, 6.07) is 0.376. The highest BCUT2D eigenvalue weighted by atomic mass is 16.5. The van der Waals surface area contributed by atoms with Crippen molar-refractivity contribution in [1.29, 1.82) is 0 Å². The van der Waals surface area contributed by atoms with Gasteiger partial charge in [0.15, 0.2) is 0 Å². The highest BCUT2D eigenvalue weighted by Gasteiger charge is 2.53. The third kappa shape index (κ3) is 2.72. The maximum Gasteiger partial charge on any atom is 0.323 e. The molecular weight excluding hydrogens is 242 g/mol. The van der Waals surface area contributed by atoms with Gasteiger partial charge in [-0.3, -0.25) is 0 Å². The summed E-state index contributed by atoms with van der Waals surface area (Å²) < 4.78 is 5.35. The SMILES string of the molecule is CCOc1nc(NC)nc(NCC2(C3CC3)CC2)n1. The summed E-state index contributed by atoms with van der Waals surface area (Å²) in [5.74, 6) is 2.07. The molecule has 0 aliphatic heterocycles. The molecule has 0 aromatic carbocycles. The Kier molecular flexibility index (Phi) is 3.16. The van der Waals surface area contributed by atoms with E-state index in [1.54, 1.807) is 7.05 Å². The van der Waals surface area contributed by atoms with E-state index in [9.17, 15) is 0 Å². The summed E-state index contributed by atoms with van der Waals surface area (Å²) in [5, 5.41) is 6.29. The Bertz CT molecular complexity index is 456. The first kappa shape index (κ1) is 12.4. The van der Waals surface area contributed by atoms with E-state index >= 15 is 0 Å². The minimum atomic E-state index is 0.376. The van der Waals surface area contributed by atoms with E-state index in [2.05, 4.69) is 25.6 Å². The van der Waals surface area contributed by atoms with Crippen LogP contribution in [0.4, 0.5) is 11.9 Å². The quantitative estimate of drug-likeness (QED) is 0.783. The zero-order valence-electron chi connectivity index (χ0n) is 11.6. The number of nitrogens with zero attached hydrogens (tertiary/aromatic N) is 3. The summed E-state index contributed by atoms with van der Waals surface area (Å²) >= 11 is 0. The number of hydrogen-bond donors (Lipinski definition) is 2. The smallest absolute Gasteiger partial charge is 0.323 e. The Labute approximate surface area is 113 Å². The van der Waals surface area contributed by atoms with E-state index < -0.39 is 0 Å². The van der Waals surface area contributed by atoms with Gasteiger partial charge in [0, 0.05) is 13.6 Å². The van der Waals surface area contributed by atoms with Gasteiger partial charge in [0.1, 0.15) is 0 Å². The van der Waals surface area contributed by atoms with Gasteiger partial charge >= 0.3 is 6.01 Å². The normalized spacial score (nSPS) is 19.9. The molecule has 2 aliphatic carbocycles. The maximum absolute atomic E-state index is 5.35. The average Bonchev–Trinajstić information content (AvgIpc) is 3.28. The first-order chi connectivity index (χ1) is 9.25. The molecule has 2 N–H and O–H groups in total. The fraction of sp³-hybridized carbons (Fsp3) is 0.769. The van der Waals surface area contributed by atoms with Crippen LogP contribution in [0.5, 0.6) is 6.01 Å². The van der Waals surface area contributed by atoms with Crippen LogP contribution in [0, 0.1) is 11.3 Å². The van der Waals surface area contributed by atoms with Crippen molar-refractivity contribution in [2.75, 3.05) is 30.8 Å². The van der Waals surface area contributed by atoms with Crippen molar-refractivity contribution < 1.29 is 4.74 Å². The Hall–Kier alpha value is -1.59. The van der Waals surface area contributed by atoms with E-state index in [-0.39, 0.29) is 0 Å². The van der Waals surface area contributed by atoms with Gasteiger partial charge in [0.25, 0.3) is 0 Å². The topological polar surface area (TPSA) is 72.0 Å². The van der Waals surface area contributed by atoms with Crippen LogP contribution in [-0.4, -0.2) is 35.2 Å². The van der Waals surface area contributed by atoms with E-state index in [0.717, 1.165) is 12.5 Å². The molecule has 0 bridgehead atoms. The van der Waals surface area contributed by atoms with E-state index in [0.29, 0.717) is 29.9 Å². The van der Waals surface area contributed by atoms with Crippen LogP contribution >= 0.6 is 0 Å². The lowest BCUT2D eigenvalue weighted by Gasteiger charge is -2.15. The molecule has 19 heavy (non-hydrogen) atoms. The number of aromatic nitrogens is 3. The summed E-state index contributed by atoms with van der Waals surface area (Å²) in [6.45, 7) is 3.44. The fourth-order valence-electron chi connectivity index (χ4n) is 2.58. The molecule has 1 heterocycles.